The van der Waals surface area contributed by atoms with Crippen molar-refractivity contribution in [2.45, 2.75) is 33.7 Å². The third kappa shape index (κ3) is 3.19. The summed E-state index contributed by atoms with van der Waals surface area (Å²) in [7, 11) is 3.39. The molecule has 0 heterocycles. The van der Waals surface area contributed by atoms with Crippen molar-refractivity contribution in [3.63, 3.8) is 0 Å². The first-order valence-corrected chi connectivity index (χ1v) is 6.50. The summed E-state index contributed by atoms with van der Waals surface area (Å²) in [6.07, 6.45) is 0. The van der Waals surface area contributed by atoms with Crippen LogP contribution in [0.25, 0.3) is 0 Å². The van der Waals surface area contributed by atoms with E-state index < -0.39 is 5.97 Å². The van der Waals surface area contributed by atoms with Gasteiger partial charge in [-0.25, -0.2) is 4.79 Å². The van der Waals surface area contributed by atoms with E-state index in [9.17, 15) is 4.79 Å². The molecule has 0 aliphatic heterocycles. The van der Waals surface area contributed by atoms with Gasteiger partial charge in [0.25, 0.3) is 0 Å². The average molecular weight is 264 g/mol. The summed E-state index contributed by atoms with van der Waals surface area (Å²) in [5.74, 6) is 0.123. The fourth-order valence-corrected chi connectivity index (χ4v) is 1.94. The molecule has 0 spiro atoms. The van der Waals surface area contributed by atoms with E-state index in [0.29, 0.717) is 23.2 Å². The molecule has 1 aromatic rings. The molecule has 1 aromatic carbocycles. The van der Waals surface area contributed by atoms with Crippen molar-refractivity contribution in [3.8, 4) is 0 Å². The van der Waals surface area contributed by atoms with Crippen molar-refractivity contribution in [2.75, 3.05) is 24.8 Å². The molecule has 0 fully saturated rings. The van der Waals surface area contributed by atoms with Crippen molar-refractivity contribution < 1.29 is 9.53 Å². The van der Waals surface area contributed by atoms with Gasteiger partial charge in [0.1, 0.15) is 0 Å². The molecular weight excluding hydrogens is 240 g/mol. The second-order valence-corrected chi connectivity index (χ2v) is 5.31. The Labute approximate surface area is 115 Å². The minimum atomic E-state index is -0.395. The Morgan fingerprint density at radius 3 is 2.37 bits per heavy atom. The van der Waals surface area contributed by atoms with Gasteiger partial charge in [-0.05, 0) is 37.5 Å². The zero-order chi connectivity index (χ0) is 14.7. The number of methoxy groups -OCH3 is 1. The second kappa shape index (κ2) is 5.95. The summed E-state index contributed by atoms with van der Waals surface area (Å²) in [5.41, 5.74) is 8.73. The number of rotatable bonds is 4. The van der Waals surface area contributed by atoms with Crippen LogP contribution in [0.15, 0.2) is 12.1 Å². The molecule has 2 N–H and O–H groups in total. The lowest BCUT2D eigenvalue weighted by Crippen LogP contribution is -2.33. The fraction of sp³-hybridized carbons (Fsp3) is 0.533. The number of anilines is 2. The Balaban J connectivity index is 3.24. The van der Waals surface area contributed by atoms with Gasteiger partial charge in [-0.2, -0.15) is 0 Å². The predicted molar refractivity (Wildman–Crippen MR) is 79.6 cm³/mol. The van der Waals surface area contributed by atoms with Crippen molar-refractivity contribution in [3.05, 3.63) is 23.3 Å². The molecule has 4 heteroatoms. The summed E-state index contributed by atoms with van der Waals surface area (Å²) in [6, 6.07) is 4.17. The molecule has 19 heavy (non-hydrogen) atoms. The third-order valence-electron chi connectivity index (χ3n) is 3.76. The summed E-state index contributed by atoms with van der Waals surface area (Å²) < 4.78 is 4.78. The maximum absolute atomic E-state index is 11.7. The topological polar surface area (TPSA) is 55.6 Å². The summed E-state index contributed by atoms with van der Waals surface area (Å²) in [6.45, 7) is 8.41. The van der Waals surface area contributed by atoms with Crippen LogP contribution in [-0.4, -0.2) is 26.2 Å². The molecule has 1 atom stereocenters. The number of carbonyl (C=O) groups is 1. The summed E-state index contributed by atoms with van der Waals surface area (Å²) >= 11 is 0. The minimum Gasteiger partial charge on any atom is -0.465 e. The predicted octanol–water partition coefficient (Wildman–Crippen LogP) is 2.84. The second-order valence-electron chi connectivity index (χ2n) is 5.31. The zero-order valence-corrected chi connectivity index (χ0v) is 12.7. The van der Waals surface area contributed by atoms with E-state index in [1.807, 2.05) is 20.0 Å². The van der Waals surface area contributed by atoms with Crippen LogP contribution in [0.2, 0.25) is 0 Å². The van der Waals surface area contributed by atoms with Gasteiger partial charge in [-0.15, -0.1) is 0 Å². The molecule has 106 valence electrons. The molecular formula is C15H24N2O2. The molecule has 0 bridgehead atoms. The molecule has 0 aromatic heterocycles. The van der Waals surface area contributed by atoms with E-state index in [1.165, 1.54) is 7.11 Å². The first kappa shape index (κ1) is 15.3. The van der Waals surface area contributed by atoms with Gasteiger partial charge < -0.3 is 15.4 Å². The Kier molecular flexibility index (Phi) is 4.81. The van der Waals surface area contributed by atoms with Gasteiger partial charge in [0.05, 0.1) is 12.7 Å². The van der Waals surface area contributed by atoms with Crippen LogP contribution < -0.4 is 10.6 Å². The normalized spacial score (nSPS) is 12.4. The van der Waals surface area contributed by atoms with Gasteiger partial charge in [0.2, 0.25) is 0 Å². The lowest BCUT2D eigenvalue weighted by Gasteiger charge is -2.30. The standard InChI is InChI=1S/C15H24N2O2/c1-9(2)11(4)17(5)12-7-10(3)14(16)13(8-12)15(18)19-6/h7-9,11H,16H2,1-6H3. The Hall–Kier alpha value is -1.71. The minimum absolute atomic E-state index is 0.369. The molecule has 0 saturated carbocycles. The smallest absolute Gasteiger partial charge is 0.340 e. The zero-order valence-electron chi connectivity index (χ0n) is 12.7. The van der Waals surface area contributed by atoms with Crippen LogP contribution >= 0.6 is 0 Å². The van der Waals surface area contributed by atoms with Gasteiger partial charge in [-0.1, -0.05) is 13.8 Å². The highest BCUT2D eigenvalue weighted by Crippen LogP contribution is 2.27. The van der Waals surface area contributed by atoms with Crippen LogP contribution in [-0.2, 0) is 4.74 Å². The number of aryl methyl sites for hydroxylation is 1. The number of esters is 1. The summed E-state index contributed by atoms with van der Waals surface area (Å²) in [4.78, 5) is 13.9. The maximum Gasteiger partial charge on any atom is 0.340 e. The van der Waals surface area contributed by atoms with Gasteiger partial charge in [0, 0.05) is 24.5 Å². The van der Waals surface area contributed by atoms with E-state index in [4.69, 9.17) is 10.5 Å². The molecule has 1 rings (SSSR count). The highest BCUT2D eigenvalue weighted by Gasteiger charge is 2.18. The number of carbonyl (C=O) groups excluding carboxylic acids is 1. The molecule has 4 nitrogen and oxygen atoms in total. The van der Waals surface area contributed by atoms with Crippen LogP contribution in [0.4, 0.5) is 11.4 Å². The van der Waals surface area contributed by atoms with E-state index in [1.54, 1.807) is 6.07 Å². The van der Waals surface area contributed by atoms with E-state index in [0.717, 1.165) is 11.3 Å². The number of nitrogens with zero attached hydrogens (tertiary/aromatic N) is 1. The molecule has 0 amide bonds. The highest BCUT2D eigenvalue weighted by molar-refractivity contribution is 5.97. The maximum atomic E-state index is 11.7. The van der Waals surface area contributed by atoms with Gasteiger partial charge in [-0.3, -0.25) is 0 Å². The van der Waals surface area contributed by atoms with E-state index in [-0.39, 0.29) is 0 Å². The van der Waals surface area contributed by atoms with E-state index >= 15 is 0 Å². The fourth-order valence-electron chi connectivity index (χ4n) is 1.94. The lowest BCUT2D eigenvalue weighted by atomic mass is 10.0. The Morgan fingerprint density at radius 2 is 1.89 bits per heavy atom. The quantitative estimate of drug-likeness (QED) is 0.671. The summed E-state index contributed by atoms with van der Waals surface area (Å²) in [5, 5.41) is 0. The third-order valence-corrected chi connectivity index (χ3v) is 3.76. The molecule has 0 saturated heterocycles. The Morgan fingerprint density at radius 1 is 1.32 bits per heavy atom. The number of hydrogen-bond donors (Lipinski definition) is 1. The number of nitrogens with two attached hydrogens (primary N) is 1. The highest BCUT2D eigenvalue weighted by atomic mass is 16.5. The number of ether oxygens (including phenoxy) is 1. The van der Waals surface area contributed by atoms with Gasteiger partial charge in [0.15, 0.2) is 0 Å². The molecule has 0 radical (unpaired) electrons. The van der Waals surface area contributed by atoms with Crippen molar-refractivity contribution in [1.29, 1.82) is 0 Å². The van der Waals surface area contributed by atoms with Crippen LogP contribution in [0.1, 0.15) is 36.7 Å². The Bertz CT molecular complexity index is 469. The van der Waals surface area contributed by atoms with E-state index in [2.05, 4.69) is 25.7 Å². The average Bonchev–Trinajstić information content (AvgIpc) is 2.38. The molecule has 0 aliphatic rings. The molecule has 1 unspecified atom stereocenters. The van der Waals surface area contributed by atoms with Crippen LogP contribution in [0.3, 0.4) is 0 Å². The van der Waals surface area contributed by atoms with Crippen LogP contribution in [0.5, 0.6) is 0 Å². The number of hydrogen-bond acceptors (Lipinski definition) is 4. The first-order valence-electron chi connectivity index (χ1n) is 6.50. The first-order chi connectivity index (χ1) is 8.79. The largest absolute Gasteiger partial charge is 0.465 e. The number of benzene rings is 1. The molecule has 0 aliphatic carbocycles. The monoisotopic (exact) mass is 264 g/mol. The lowest BCUT2D eigenvalue weighted by molar-refractivity contribution is 0.0602. The van der Waals surface area contributed by atoms with Crippen molar-refractivity contribution >= 4 is 17.3 Å². The van der Waals surface area contributed by atoms with Crippen LogP contribution in [0, 0.1) is 12.8 Å². The SMILES string of the molecule is COC(=O)c1cc(N(C)C(C)C(C)C)cc(C)c1N. The number of nitrogen functional groups attached to an aromatic ring is 1. The van der Waals surface area contributed by atoms with Crippen molar-refractivity contribution in [2.24, 2.45) is 5.92 Å². The van der Waals surface area contributed by atoms with Crippen molar-refractivity contribution in [1.82, 2.24) is 0 Å². The van der Waals surface area contributed by atoms with Gasteiger partial charge >= 0.3 is 5.97 Å².